The van der Waals surface area contributed by atoms with E-state index in [9.17, 15) is 18.0 Å². The number of hydrogen-bond donors (Lipinski definition) is 2. The molecule has 0 unspecified atom stereocenters. The van der Waals surface area contributed by atoms with E-state index in [-0.39, 0.29) is 27.0 Å². The van der Waals surface area contributed by atoms with E-state index in [2.05, 4.69) is 5.32 Å². The average molecular weight is 335 g/mol. The number of nitrogens with one attached hydrogen (secondary N) is 1. The van der Waals surface area contributed by atoms with E-state index in [1.807, 2.05) is 0 Å². The van der Waals surface area contributed by atoms with Gasteiger partial charge in [-0.25, -0.2) is 13.2 Å². The van der Waals surface area contributed by atoms with Crippen LogP contribution in [-0.4, -0.2) is 5.91 Å². The second-order valence-corrected chi connectivity index (χ2v) is 4.87. The molecule has 110 valence electrons. The fraction of sp³-hybridized carbons (Fsp3) is 0. The van der Waals surface area contributed by atoms with Crippen molar-refractivity contribution >= 4 is 40.5 Å². The van der Waals surface area contributed by atoms with Crippen molar-refractivity contribution in [2.75, 3.05) is 11.1 Å². The quantitative estimate of drug-likeness (QED) is 0.807. The van der Waals surface area contributed by atoms with Crippen molar-refractivity contribution in [1.82, 2.24) is 0 Å². The number of hydrogen-bond acceptors (Lipinski definition) is 2. The lowest BCUT2D eigenvalue weighted by Crippen LogP contribution is -2.15. The van der Waals surface area contributed by atoms with Crippen LogP contribution in [0.15, 0.2) is 24.3 Å². The number of carbonyl (C=O) groups excluding carboxylic acids is 1. The van der Waals surface area contributed by atoms with E-state index in [0.717, 1.165) is 12.1 Å². The lowest BCUT2D eigenvalue weighted by Gasteiger charge is -2.11. The van der Waals surface area contributed by atoms with Gasteiger partial charge in [0.1, 0.15) is 5.82 Å². The molecule has 2 aromatic carbocycles. The van der Waals surface area contributed by atoms with E-state index in [1.165, 1.54) is 0 Å². The molecule has 8 heteroatoms. The first-order valence-electron chi connectivity index (χ1n) is 5.50. The summed E-state index contributed by atoms with van der Waals surface area (Å²) in [6, 6.07) is 3.21. The van der Waals surface area contributed by atoms with Crippen LogP contribution in [0, 0.1) is 17.5 Å². The van der Waals surface area contributed by atoms with Crippen LogP contribution >= 0.6 is 23.2 Å². The number of halogens is 5. The van der Waals surface area contributed by atoms with Crippen LogP contribution in [0.5, 0.6) is 0 Å². The van der Waals surface area contributed by atoms with Crippen molar-refractivity contribution in [3.63, 3.8) is 0 Å². The minimum atomic E-state index is -1.23. The average Bonchev–Trinajstić information content (AvgIpc) is 2.37. The second kappa shape index (κ2) is 5.83. The highest BCUT2D eigenvalue weighted by atomic mass is 35.5. The summed E-state index contributed by atoms with van der Waals surface area (Å²) in [6.45, 7) is 0. The van der Waals surface area contributed by atoms with E-state index >= 15 is 0 Å². The Bertz CT molecular complexity index is 715. The van der Waals surface area contributed by atoms with Crippen LogP contribution in [0.3, 0.4) is 0 Å². The summed E-state index contributed by atoms with van der Waals surface area (Å²) in [7, 11) is 0. The molecule has 0 saturated heterocycles. The Morgan fingerprint density at radius 3 is 2.10 bits per heavy atom. The molecule has 0 radical (unpaired) electrons. The van der Waals surface area contributed by atoms with E-state index in [0.29, 0.717) is 12.1 Å². The van der Waals surface area contributed by atoms with Crippen LogP contribution in [0.2, 0.25) is 10.0 Å². The minimum Gasteiger partial charge on any atom is -0.398 e. The number of nitrogens with two attached hydrogens (primary N) is 1. The molecule has 21 heavy (non-hydrogen) atoms. The summed E-state index contributed by atoms with van der Waals surface area (Å²) < 4.78 is 39.1. The first-order valence-corrected chi connectivity index (χ1v) is 6.25. The van der Waals surface area contributed by atoms with Gasteiger partial charge in [0.05, 0.1) is 21.3 Å². The van der Waals surface area contributed by atoms with Gasteiger partial charge < -0.3 is 11.1 Å². The van der Waals surface area contributed by atoms with Gasteiger partial charge in [0.2, 0.25) is 0 Å². The summed E-state index contributed by atoms with van der Waals surface area (Å²) in [6.07, 6.45) is 0. The van der Waals surface area contributed by atoms with Crippen molar-refractivity contribution in [2.24, 2.45) is 0 Å². The Morgan fingerprint density at radius 2 is 1.52 bits per heavy atom. The van der Waals surface area contributed by atoms with Crippen molar-refractivity contribution in [3.05, 3.63) is 57.3 Å². The molecule has 2 aromatic rings. The predicted octanol–water partition coefficient (Wildman–Crippen LogP) is 4.25. The van der Waals surface area contributed by atoms with Gasteiger partial charge in [-0.2, -0.15) is 0 Å². The van der Waals surface area contributed by atoms with Crippen LogP contribution in [0.25, 0.3) is 0 Å². The molecule has 1 amide bonds. The third kappa shape index (κ3) is 3.22. The number of carbonyl (C=O) groups is 1. The Kier molecular flexibility index (Phi) is 4.29. The SMILES string of the molecule is Nc1cc(F)c(F)cc1C(=O)Nc1c(Cl)cc(F)cc1Cl. The molecule has 0 aromatic heterocycles. The molecule has 0 aliphatic heterocycles. The van der Waals surface area contributed by atoms with E-state index < -0.39 is 23.4 Å². The van der Waals surface area contributed by atoms with Gasteiger partial charge in [0, 0.05) is 11.8 Å². The zero-order chi connectivity index (χ0) is 15.7. The predicted molar refractivity (Wildman–Crippen MR) is 75.1 cm³/mol. The Hall–Kier alpha value is -1.92. The molecule has 3 N–H and O–H groups in total. The molecular weight excluding hydrogens is 328 g/mol. The first kappa shape index (κ1) is 15.5. The summed E-state index contributed by atoms with van der Waals surface area (Å²) in [5, 5.41) is 1.98. The van der Waals surface area contributed by atoms with Gasteiger partial charge in [0.15, 0.2) is 11.6 Å². The summed E-state index contributed by atoms with van der Waals surface area (Å²) in [4.78, 5) is 12.0. The van der Waals surface area contributed by atoms with Crippen molar-refractivity contribution in [3.8, 4) is 0 Å². The molecule has 0 fully saturated rings. The van der Waals surface area contributed by atoms with E-state index in [1.54, 1.807) is 0 Å². The number of benzene rings is 2. The highest BCUT2D eigenvalue weighted by Gasteiger charge is 2.17. The number of rotatable bonds is 2. The molecule has 0 atom stereocenters. The van der Waals surface area contributed by atoms with Gasteiger partial charge in [-0.3, -0.25) is 4.79 Å². The maximum Gasteiger partial charge on any atom is 0.257 e. The molecule has 0 heterocycles. The Balaban J connectivity index is 2.37. The molecule has 0 bridgehead atoms. The van der Waals surface area contributed by atoms with Crippen LogP contribution in [-0.2, 0) is 0 Å². The van der Waals surface area contributed by atoms with Crippen molar-refractivity contribution in [1.29, 1.82) is 0 Å². The molecule has 3 nitrogen and oxygen atoms in total. The fourth-order valence-corrected chi connectivity index (χ4v) is 2.16. The van der Waals surface area contributed by atoms with Crippen LogP contribution in [0.4, 0.5) is 24.5 Å². The molecule has 2 rings (SSSR count). The maximum absolute atomic E-state index is 13.2. The van der Waals surface area contributed by atoms with Crippen molar-refractivity contribution < 1.29 is 18.0 Å². The second-order valence-electron chi connectivity index (χ2n) is 4.05. The smallest absolute Gasteiger partial charge is 0.257 e. The molecule has 0 saturated carbocycles. The van der Waals surface area contributed by atoms with Crippen LogP contribution in [0.1, 0.15) is 10.4 Å². The number of nitrogen functional groups attached to an aromatic ring is 1. The highest BCUT2D eigenvalue weighted by Crippen LogP contribution is 2.32. The molecular formula is C13H7Cl2F3N2O. The minimum absolute atomic E-state index is 0.0612. The highest BCUT2D eigenvalue weighted by molar-refractivity contribution is 6.40. The summed E-state index contributed by atoms with van der Waals surface area (Å²) >= 11 is 11.5. The largest absolute Gasteiger partial charge is 0.398 e. The number of amides is 1. The van der Waals surface area contributed by atoms with Gasteiger partial charge in [0.25, 0.3) is 5.91 Å². The van der Waals surface area contributed by atoms with Crippen molar-refractivity contribution in [2.45, 2.75) is 0 Å². The topological polar surface area (TPSA) is 55.1 Å². The fourth-order valence-electron chi connectivity index (χ4n) is 1.60. The maximum atomic E-state index is 13.2. The van der Waals surface area contributed by atoms with Gasteiger partial charge in [-0.1, -0.05) is 23.2 Å². The molecule has 0 aliphatic carbocycles. The number of anilines is 2. The lowest BCUT2D eigenvalue weighted by atomic mass is 10.1. The van der Waals surface area contributed by atoms with E-state index in [4.69, 9.17) is 28.9 Å². The van der Waals surface area contributed by atoms with Crippen LogP contribution < -0.4 is 11.1 Å². The normalized spacial score (nSPS) is 10.5. The Labute approximate surface area is 127 Å². The zero-order valence-electron chi connectivity index (χ0n) is 10.2. The third-order valence-electron chi connectivity index (χ3n) is 2.58. The van der Waals surface area contributed by atoms with Gasteiger partial charge >= 0.3 is 0 Å². The Morgan fingerprint density at radius 1 is 1.00 bits per heavy atom. The van der Waals surface area contributed by atoms with Gasteiger partial charge in [-0.15, -0.1) is 0 Å². The van der Waals surface area contributed by atoms with Gasteiger partial charge in [-0.05, 0) is 18.2 Å². The standard InChI is InChI=1S/C13H7Cl2F3N2O/c14-7-1-5(16)2-8(15)12(7)20-13(21)6-3-9(17)10(18)4-11(6)19/h1-4H,19H2,(H,20,21). The lowest BCUT2D eigenvalue weighted by molar-refractivity contribution is 0.102. The summed E-state index contributed by atoms with van der Waals surface area (Å²) in [5.74, 6) is -3.95. The first-order chi connectivity index (χ1) is 9.79. The summed E-state index contributed by atoms with van der Waals surface area (Å²) in [5.41, 5.74) is 4.83. The molecule has 0 aliphatic rings. The zero-order valence-corrected chi connectivity index (χ0v) is 11.7. The molecule has 0 spiro atoms. The monoisotopic (exact) mass is 334 g/mol. The third-order valence-corrected chi connectivity index (χ3v) is 3.18.